The molecular weight excluding hydrogens is 208 g/mol. The fourth-order valence-electron chi connectivity index (χ4n) is 0.972. The third kappa shape index (κ3) is 1.44. The lowest BCUT2D eigenvalue weighted by Gasteiger charge is -1.86. The molecule has 0 bridgehead atoms. The normalized spacial score (nSPS) is 10.3. The lowest BCUT2D eigenvalue weighted by Crippen LogP contribution is -1.91. The Balaban J connectivity index is 2.43. The van der Waals surface area contributed by atoms with E-state index in [1.807, 2.05) is 0 Å². The molecule has 7 heteroatoms. The van der Waals surface area contributed by atoms with E-state index in [1.54, 1.807) is 5.38 Å². The molecule has 2 heterocycles. The summed E-state index contributed by atoms with van der Waals surface area (Å²) in [5.41, 5.74) is 0.452. The van der Waals surface area contributed by atoms with E-state index in [4.69, 9.17) is 4.42 Å². The van der Waals surface area contributed by atoms with Crippen molar-refractivity contribution in [2.45, 2.75) is 0 Å². The maximum Gasteiger partial charge on any atom is 0.433 e. The number of hydrogen-bond acceptors (Lipinski definition) is 5. The minimum atomic E-state index is -0.631. The highest BCUT2D eigenvalue weighted by Gasteiger charge is 2.13. The third-order valence-corrected chi connectivity index (χ3v) is 2.23. The predicted molar refractivity (Wildman–Crippen MR) is 49.3 cm³/mol. The molecule has 0 atom stereocenters. The Kier molecular flexibility index (Phi) is 1.93. The minimum absolute atomic E-state index is 0.223. The lowest BCUT2D eigenvalue weighted by atomic mass is 10.4. The number of nitrogens with one attached hydrogen (secondary N) is 1. The van der Waals surface area contributed by atoms with Crippen LogP contribution in [-0.4, -0.2) is 9.91 Å². The molecule has 1 N–H and O–H groups in total. The van der Waals surface area contributed by atoms with Crippen molar-refractivity contribution in [1.82, 2.24) is 4.98 Å². The van der Waals surface area contributed by atoms with Gasteiger partial charge in [-0.2, -0.15) is 0 Å². The maximum absolute atomic E-state index is 10.8. The van der Waals surface area contributed by atoms with Crippen LogP contribution in [0, 0.1) is 10.1 Å². The minimum Gasteiger partial charge on any atom is -0.399 e. The highest BCUT2D eigenvalue weighted by atomic mass is 32.1. The molecule has 0 amide bonds. The van der Waals surface area contributed by atoms with Crippen molar-refractivity contribution in [1.29, 1.82) is 0 Å². The van der Waals surface area contributed by atoms with E-state index in [1.165, 1.54) is 12.1 Å². The average molecular weight is 212 g/mol. The zero-order valence-electron chi connectivity index (χ0n) is 6.72. The van der Waals surface area contributed by atoms with Gasteiger partial charge in [0.15, 0.2) is 5.76 Å². The molecule has 2 rings (SSSR count). The number of nitrogens with zero attached hydrogens (tertiary/aromatic N) is 1. The van der Waals surface area contributed by atoms with Gasteiger partial charge in [-0.05, 0) is 6.07 Å². The van der Waals surface area contributed by atoms with Crippen LogP contribution in [0.25, 0.3) is 11.5 Å². The first kappa shape index (κ1) is 8.70. The second-order valence-electron chi connectivity index (χ2n) is 2.46. The number of rotatable bonds is 2. The quantitative estimate of drug-likeness (QED) is 0.604. The Morgan fingerprint density at radius 2 is 2.29 bits per heavy atom. The van der Waals surface area contributed by atoms with E-state index < -0.39 is 4.92 Å². The van der Waals surface area contributed by atoms with E-state index in [2.05, 4.69) is 4.98 Å². The number of hydrogen-bond donors (Lipinski definition) is 1. The number of H-pyrrole nitrogens is 1. The molecule has 0 spiro atoms. The SMILES string of the molecule is O=c1[nH]c(-c2ccc([N+](=O)[O-])o2)cs1. The molecule has 0 aromatic carbocycles. The molecular formula is C7H4N2O4S. The van der Waals surface area contributed by atoms with Crippen LogP contribution >= 0.6 is 11.3 Å². The summed E-state index contributed by atoms with van der Waals surface area (Å²) in [7, 11) is 0. The molecule has 0 aliphatic heterocycles. The fraction of sp³-hybridized carbons (Fsp3) is 0. The Hall–Kier alpha value is -1.89. The summed E-state index contributed by atoms with van der Waals surface area (Å²) in [6.45, 7) is 0. The van der Waals surface area contributed by atoms with Crippen molar-refractivity contribution >= 4 is 17.2 Å². The molecule has 0 aliphatic carbocycles. The first-order chi connectivity index (χ1) is 6.66. The predicted octanol–water partition coefficient (Wildman–Crippen LogP) is 1.60. The van der Waals surface area contributed by atoms with E-state index >= 15 is 0 Å². The van der Waals surface area contributed by atoms with Gasteiger partial charge >= 0.3 is 10.8 Å². The van der Waals surface area contributed by atoms with Gasteiger partial charge in [-0.15, -0.1) is 0 Å². The molecule has 2 aromatic heterocycles. The van der Waals surface area contributed by atoms with Gasteiger partial charge in [0.2, 0.25) is 0 Å². The Morgan fingerprint density at radius 3 is 2.79 bits per heavy atom. The van der Waals surface area contributed by atoms with Crippen LogP contribution in [0.15, 0.2) is 26.7 Å². The van der Waals surface area contributed by atoms with Crippen molar-refractivity contribution in [2.75, 3.05) is 0 Å². The van der Waals surface area contributed by atoms with Crippen LogP contribution in [-0.2, 0) is 0 Å². The van der Waals surface area contributed by atoms with Gasteiger partial charge < -0.3 is 9.40 Å². The molecule has 0 fully saturated rings. The Bertz CT molecular complexity index is 524. The molecule has 14 heavy (non-hydrogen) atoms. The number of furan rings is 1. The van der Waals surface area contributed by atoms with Gasteiger partial charge in [0, 0.05) is 5.38 Å². The first-order valence-electron chi connectivity index (χ1n) is 3.59. The van der Waals surface area contributed by atoms with Crippen molar-refractivity contribution < 1.29 is 9.34 Å². The fourth-order valence-corrected chi connectivity index (χ4v) is 1.54. The topological polar surface area (TPSA) is 89.1 Å². The Labute approximate surface area is 81.0 Å². The summed E-state index contributed by atoms with van der Waals surface area (Å²) < 4.78 is 4.88. The molecule has 0 unspecified atom stereocenters. The van der Waals surface area contributed by atoms with Crippen molar-refractivity contribution in [3.63, 3.8) is 0 Å². The highest BCUT2D eigenvalue weighted by molar-refractivity contribution is 7.07. The van der Waals surface area contributed by atoms with Gasteiger partial charge in [-0.1, -0.05) is 11.3 Å². The van der Waals surface area contributed by atoms with Crippen LogP contribution in [0.2, 0.25) is 0 Å². The summed E-state index contributed by atoms with van der Waals surface area (Å²) >= 11 is 0.976. The van der Waals surface area contributed by atoms with Gasteiger partial charge in [0.1, 0.15) is 4.92 Å². The molecule has 0 saturated heterocycles. The van der Waals surface area contributed by atoms with Crippen molar-refractivity contribution in [2.24, 2.45) is 0 Å². The van der Waals surface area contributed by atoms with Crippen LogP contribution in [0.1, 0.15) is 0 Å². The summed E-state index contributed by atoms with van der Waals surface area (Å²) in [5.74, 6) is -0.0536. The van der Waals surface area contributed by atoms with Crippen LogP contribution in [0.3, 0.4) is 0 Å². The van der Waals surface area contributed by atoms with Crippen LogP contribution in [0.4, 0.5) is 5.88 Å². The molecule has 72 valence electrons. The Morgan fingerprint density at radius 1 is 1.50 bits per heavy atom. The van der Waals surface area contributed by atoms with Crippen LogP contribution < -0.4 is 4.87 Å². The van der Waals surface area contributed by atoms with Crippen molar-refractivity contribution in [3.8, 4) is 11.5 Å². The van der Waals surface area contributed by atoms with E-state index in [0.717, 1.165) is 11.3 Å². The monoisotopic (exact) mass is 212 g/mol. The van der Waals surface area contributed by atoms with Gasteiger partial charge in [0.05, 0.1) is 11.8 Å². The van der Waals surface area contributed by atoms with E-state index in [9.17, 15) is 14.9 Å². The van der Waals surface area contributed by atoms with Crippen LogP contribution in [0.5, 0.6) is 0 Å². The standard InChI is InChI=1S/C7H4N2O4S/c10-7-8-4(3-14-7)5-1-2-6(13-5)9(11)12/h1-3H,(H,8,10). The largest absolute Gasteiger partial charge is 0.433 e. The first-order valence-corrected chi connectivity index (χ1v) is 4.47. The lowest BCUT2D eigenvalue weighted by molar-refractivity contribution is -0.401. The number of nitro groups is 1. The zero-order chi connectivity index (χ0) is 10.1. The van der Waals surface area contributed by atoms with E-state index in [0.29, 0.717) is 5.69 Å². The molecule has 6 nitrogen and oxygen atoms in total. The third-order valence-electron chi connectivity index (χ3n) is 1.56. The number of aromatic nitrogens is 1. The highest BCUT2D eigenvalue weighted by Crippen LogP contribution is 2.24. The average Bonchev–Trinajstić information content (AvgIpc) is 2.70. The molecule has 0 aliphatic rings. The molecule has 0 saturated carbocycles. The summed E-state index contributed by atoms with van der Waals surface area (Å²) in [4.78, 5) is 22.7. The van der Waals surface area contributed by atoms with Gasteiger partial charge in [0.25, 0.3) is 0 Å². The zero-order valence-corrected chi connectivity index (χ0v) is 7.54. The maximum atomic E-state index is 10.8. The second kappa shape index (κ2) is 3.11. The van der Waals surface area contributed by atoms with Gasteiger partial charge in [-0.25, -0.2) is 0 Å². The molecule has 2 aromatic rings. The summed E-state index contributed by atoms with van der Waals surface area (Å²) in [6.07, 6.45) is 0. The number of aromatic amines is 1. The second-order valence-corrected chi connectivity index (χ2v) is 3.30. The van der Waals surface area contributed by atoms with E-state index in [-0.39, 0.29) is 16.5 Å². The summed E-state index contributed by atoms with van der Waals surface area (Å²) in [5, 5.41) is 11.8. The number of thiazole rings is 1. The smallest absolute Gasteiger partial charge is 0.399 e. The molecule has 0 radical (unpaired) electrons. The van der Waals surface area contributed by atoms with Gasteiger partial charge in [-0.3, -0.25) is 14.9 Å². The van der Waals surface area contributed by atoms with Crippen molar-refractivity contribution in [3.05, 3.63) is 37.3 Å². The summed E-state index contributed by atoms with van der Waals surface area (Å²) in [6, 6.07) is 2.68.